The van der Waals surface area contributed by atoms with Gasteiger partial charge in [0.1, 0.15) is 11.1 Å². The maximum Gasteiger partial charge on any atom is 0.264 e. The number of aliphatic hydroxyl groups is 2. The number of anilines is 1. The summed E-state index contributed by atoms with van der Waals surface area (Å²) in [5.74, 6) is 0.433. The van der Waals surface area contributed by atoms with Crippen LogP contribution in [0.5, 0.6) is 0 Å². The Morgan fingerprint density at radius 1 is 1.48 bits per heavy atom. The highest BCUT2D eigenvalue weighted by Gasteiger charge is 2.35. The van der Waals surface area contributed by atoms with Gasteiger partial charge in [0, 0.05) is 17.8 Å². The summed E-state index contributed by atoms with van der Waals surface area (Å²) in [6.07, 6.45) is -0.143. The molecule has 4 heterocycles. The van der Waals surface area contributed by atoms with E-state index >= 15 is 0 Å². The van der Waals surface area contributed by atoms with Crippen molar-refractivity contribution >= 4 is 27.5 Å². The second-order valence-corrected chi connectivity index (χ2v) is 7.72. The van der Waals surface area contributed by atoms with Gasteiger partial charge in [-0.15, -0.1) is 11.3 Å². The summed E-state index contributed by atoms with van der Waals surface area (Å²) in [6.45, 7) is 4.87. The molecular weight excluding hydrogens is 318 g/mol. The first-order chi connectivity index (χ1) is 10.9. The standard InChI is InChI=1S/C15H19N3O4S/c1-15(2)5-8-9(7-22-15)23-12-11(8)13(21)18-6-10(20)17(3-4-19)14(18)16-12/h10,19-20H,3-7H2,1-2H3. The second-order valence-electron chi connectivity index (χ2n) is 6.63. The van der Waals surface area contributed by atoms with Gasteiger partial charge < -0.3 is 19.8 Å². The van der Waals surface area contributed by atoms with E-state index in [2.05, 4.69) is 4.98 Å². The topological polar surface area (TPSA) is 87.8 Å². The van der Waals surface area contributed by atoms with E-state index in [0.29, 0.717) is 29.2 Å². The fraction of sp³-hybridized carbons (Fsp3) is 0.600. The van der Waals surface area contributed by atoms with Crippen LogP contribution >= 0.6 is 11.3 Å². The van der Waals surface area contributed by atoms with Crippen molar-refractivity contribution in [3.63, 3.8) is 0 Å². The Balaban J connectivity index is 1.93. The molecule has 7 nitrogen and oxygen atoms in total. The summed E-state index contributed by atoms with van der Waals surface area (Å²) in [6, 6.07) is 0. The Bertz CT molecular complexity index is 841. The number of hydrogen-bond acceptors (Lipinski definition) is 7. The summed E-state index contributed by atoms with van der Waals surface area (Å²) < 4.78 is 7.34. The number of thiophene rings is 1. The molecule has 8 heteroatoms. The maximum absolute atomic E-state index is 12.9. The molecule has 1 atom stereocenters. The average Bonchev–Trinajstić information content (AvgIpc) is 2.98. The molecule has 0 radical (unpaired) electrons. The summed E-state index contributed by atoms with van der Waals surface area (Å²) in [7, 11) is 0. The first kappa shape index (κ1) is 15.1. The van der Waals surface area contributed by atoms with Gasteiger partial charge in [0.15, 0.2) is 0 Å². The van der Waals surface area contributed by atoms with Crippen molar-refractivity contribution in [3.8, 4) is 0 Å². The lowest BCUT2D eigenvalue weighted by Gasteiger charge is -2.29. The van der Waals surface area contributed by atoms with E-state index in [0.717, 1.165) is 10.4 Å². The summed E-state index contributed by atoms with van der Waals surface area (Å²) in [4.78, 5) is 20.9. The van der Waals surface area contributed by atoms with Gasteiger partial charge in [-0.3, -0.25) is 9.36 Å². The molecule has 1 unspecified atom stereocenters. The third kappa shape index (κ3) is 2.20. The van der Waals surface area contributed by atoms with E-state index in [4.69, 9.17) is 9.84 Å². The van der Waals surface area contributed by atoms with E-state index in [-0.39, 0.29) is 30.9 Å². The van der Waals surface area contributed by atoms with Crippen LogP contribution in [0, 0.1) is 0 Å². The zero-order valence-electron chi connectivity index (χ0n) is 13.1. The Hall–Kier alpha value is -1.48. The largest absolute Gasteiger partial charge is 0.395 e. The molecule has 0 fully saturated rings. The second kappa shape index (κ2) is 5.01. The highest BCUT2D eigenvalue weighted by molar-refractivity contribution is 7.18. The molecule has 0 aromatic carbocycles. The lowest BCUT2D eigenvalue weighted by Crippen LogP contribution is -2.34. The molecule has 2 aliphatic heterocycles. The molecule has 2 aromatic heterocycles. The number of ether oxygens (including phenoxy) is 1. The quantitative estimate of drug-likeness (QED) is 0.827. The number of β-amino-alcohol motifs (C(OH)–C–C–N with tert-alkyl or cyclic N) is 1. The Morgan fingerprint density at radius 3 is 3.00 bits per heavy atom. The number of nitrogens with zero attached hydrogens (tertiary/aromatic N) is 3. The number of hydrogen-bond donors (Lipinski definition) is 2. The van der Waals surface area contributed by atoms with Crippen molar-refractivity contribution in [1.82, 2.24) is 9.55 Å². The van der Waals surface area contributed by atoms with Crippen molar-refractivity contribution in [2.75, 3.05) is 18.1 Å². The van der Waals surface area contributed by atoms with E-state index in [9.17, 15) is 9.90 Å². The lowest BCUT2D eigenvalue weighted by atomic mass is 9.94. The van der Waals surface area contributed by atoms with E-state index in [1.807, 2.05) is 13.8 Å². The Kier molecular flexibility index (Phi) is 3.28. The van der Waals surface area contributed by atoms with Crippen LogP contribution in [-0.2, 0) is 24.3 Å². The van der Waals surface area contributed by atoms with Crippen LogP contribution in [0.2, 0.25) is 0 Å². The van der Waals surface area contributed by atoms with Gasteiger partial charge in [-0.1, -0.05) is 0 Å². The van der Waals surface area contributed by atoms with Crippen molar-refractivity contribution in [3.05, 3.63) is 20.8 Å². The van der Waals surface area contributed by atoms with Crippen LogP contribution in [0.4, 0.5) is 5.95 Å². The zero-order valence-corrected chi connectivity index (χ0v) is 13.9. The zero-order chi connectivity index (χ0) is 16.4. The smallest absolute Gasteiger partial charge is 0.264 e. The molecule has 2 N–H and O–H groups in total. The van der Waals surface area contributed by atoms with Crippen LogP contribution in [0.25, 0.3) is 10.2 Å². The minimum absolute atomic E-state index is 0.103. The van der Waals surface area contributed by atoms with Crippen LogP contribution in [0.1, 0.15) is 24.3 Å². The van der Waals surface area contributed by atoms with Crippen molar-refractivity contribution in [2.45, 2.75) is 45.2 Å². The van der Waals surface area contributed by atoms with Crippen LogP contribution in [0.15, 0.2) is 4.79 Å². The number of aromatic nitrogens is 2. The lowest BCUT2D eigenvalue weighted by molar-refractivity contribution is -0.0379. The first-order valence-electron chi connectivity index (χ1n) is 7.66. The Labute approximate surface area is 136 Å². The van der Waals surface area contributed by atoms with Gasteiger partial charge in [-0.2, -0.15) is 0 Å². The normalized spacial score (nSPS) is 22.4. The molecular formula is C15H19N3O4S. The molecule has 0 saturated carbocycles. The van der Waals surface area contributed by atoms with Crippen LogP contribution < -0.4 is 10.5 Å². The monoisotopic (exact) mass is 337 g/mol. The van der Waals surface area contributed by atoms with Gasteiger partial charge in [-0.25, -0.2) is 4.98 Å². The highest BCUT2D eigenvalue weighted by Crippen LogP contribution is 2.38. The van der Waals surface area contributed by atoms with Crippen LogP contribution in [-0.4, -0.2) is 44.7 Å². The minimum atomic E-state index is -0.825. The summed E-state index contributed by atoms with van der Waals surface area (Å²) >= 11 is 1.48. The molecule has 4 rings (SSSR count). The minimum Gasteiger partial charge on any atom is -0.395 e. The fourth-order valence-electron chi connectivity index (χ4n) is 3.35. The predicted octanol–water partition coefficient (Wildman–Crippen LogP) is 0.440. The number of rotatable bonds is 2. The molecule has 124 valence electrons. The molecule has 0 amide bonds. The van der Waals surface area contributed by atoms with Gasteiger partial charge in [-0.05, 0) is 19.4 Å². The fourth-order valence-corrected chi connectivity index (χ4v) is 4.44. The van der Waals surface area contributed by atoms with Gasteiger partial charge in [0.25, 0.3) is 5.56 Å². The van der Waals surface area contributed by atoms with Crippen LogP contribution in [0.3, 0.4) is 0 Å². The molecule has 23 heavy (non-hydrogen) atoms. The predicted molar refractivity (Wildman–Crippen MR) is 86.9 cm³/mol. The van der Waals surface area contributed by atoms with E-state index < -0.39 is 6.23 Å². The highest BCUT2D eigenvalue weighted by atomic mass is 32.1. The summed E-state index contributed by atoms with van der Waals surface area (Å²) in [5, 5.41) is 19.9. The van der Waals surface area contributed by atoms with Crippen molar-refractivity contribution < 1.29 is 14.9 Å². The molecule has 0 bridgehead atoms. The molecule has 0 saturated heterocycles. The maximum atomic E-state index is 12.9. The average molecular weight is 337 g/mol. The summed E-state index contributed by atoms with van der Waals surface area (Å²) in [5.41, 5.74) is 0.628. The van der Waals surface area contributed by atoms with Gasteiger partial charge in [0.05, 0.1) is 30.7 Å². The first-order valence-corrected chi connectivity index (χ1v) is 8.47. The van der Waals surface area contributed by atoms with E-state index in [1.54, 1.807) is 4.90 Å². The molecule has 2 aliphatic rings. The van der Waals surface area contributed by atoms with Crippen molar-refractivity contribution in [1.29, 1.82) is 0 Å². The molecule has 2 aromatic rings. The molecule has 0 aliphatic carbocycles. The van der Waals surface area contributed by atoms with Gasteiger partial charge in [0.2, 0.25) is 5.95 Å². The Morgan fingerprint density at radius 2 is 2.26 bits per heavy atom. The van der Waals surface area contributed by atoms with E-state index in [1.165, 1.54) is 15.9 Å². The molecule has 0 spiro atoms. The van der Waals surface area contributed by atoms with Gasteiger partial charge >= 0.3 is 0 Å². The number of aliphatic hydroxyl groups excluding tert-OH is 2. The third-order valence-electron chi connectivity index (χ3n) is 4.47. The third-order valence-corrected chi connectivity index (χ3v) is 5.57. The number of fused-ring (bicyclic) bond motifs is 4. The van der Waals surface area contributed by atoms with Crippen molar-refractivity contribution in [2.24, 2.45) is 0 Å². The SMILES string of the molecule is CC1(C)Cc2c(sc3nc4n(c(=O)c23)CC(O)N4CCO)CO1.